The molecule has 1 heterocycles. The fourth-order valence-corrected chi connectivity index (χ4v) is 0.346. The summed E-state index contributed by atoms with van der Waals surface area (Å²) >= 11 is 0. The molecule has 0 bridgehead atoms. The van der Waals surface area contributed by atoms with Gasteiger partial charge in [0.1, 0.15) is 0 Å². The Balaban J connectivity index is 0.000000640. The molecule has 1 rings (SSSR count). The molecular formula is C4H8N4O. The summed E-state index contributed by atoms with van der Waals surface area (Å²) in [6.07, 6.45) is 1.42. The van der Waals surface area contributed by atoms with Gasteiger partial charge in [-0.1, -0.05) is 0 Å². The number of aryl methyl sites for hydroxylation is 1. The molecule has 0 aromatic carbocycles. The van der Waals surface area contributed by atoms with E-state index in [9.17, 15) is 4.79 Å². The molecule has 0 saturated heterocycles. The summed E-state index contributed by atoms with van der Waals surface area (Å²) in [5, 5.41) is 5.76. The molecule has 5 nitrogen and oxygen atoms in total. The lowest BCUT2D eigenvalue weighted by Gasteiger charge is -1.82. The molecule has 9 heavy (non-hydrogen) atoms. The van der Waals surface area contributed by atoms with Crippen LogP contribution in [0, 0.1) is 6.92 Å². The summed E-state index contributed by atoms with van der Waals surface area (Å²) in [4.78, 5) is 13.6. The summed E-state index contributed by atoms with van der Waals surface area (Å²) in [7, 11) is 0. The van der Waals surface area contributed by atoms with Crippen LogP contribution in [-0.4, -0.2) is 15.2 Å². The van der Waals surface area contributed by atoms with Crippen LogP contribution in [-0.2, 0) is 0 Å². The van der Waals surface area contributed by atoms with Gasteiger partial charge in [0.05, 0.1) is 11.9 Å². The maximum Gasteiger partial charge on any atom is 0.361 e. The van der Waals surface area contributed by atoms with Crippen molar-refractivity contribution in [2.45, 2.75) is 6.92 Å². The Morgan fingerprint density at radius 2 is 2.33 bits per heavy atom. The van der Waals surface area contributed by atoms with E-state index in [-0.39, 0.29) is 6.15 Å². The smallest absolute Gasteiger partial charge is 0.344 e. The first kappa shape index (κ1) is 7.77. The molecule has 0 amide bonds. The van der Waals surface area contributed by atoms with Gasteiger partial charge < -0.3 is 6.15 Å². The van der Waals surface area contributed by atoms with Crippen LogP contribution < -0.4 is 11.8 Å². The number of aromatic amines is 1. The average Bonchev–Trinajstić information content (AvgIpc) is 1.77. The minimum absolute atomic E-state index is 0. The van der Waals surface area contributed by atoms with Gasteiger partial charge in [0.2, 0.25) is 0 Å². The second-order valence-corrected chi connectivity index (χ2v) is 1.43. The lowest BCUT2D eigenvalue weighted by Crippen LogP contribution is -2.11. The molecule has 1 aromatic rings. The van der Waals surface area contributed by atoms with E-state index in [4.69, 9.17) is 0 Å². The Bertz CT molecular complexity index is 210. The topological polar surface area (TPSA) is 93.6 Å². The molecule has 50 valence electrons. The fourth-order valence-electron chi connectivity index (χ4n) is 0.346. The van der Waals surface area contributed by atoms with Crippen molar-refractivity contribution in [3.05, 3.63) is 22.4 Å². The van der Waals surface area contributed by atoms with E-state index in [1.807, 2.05) is 0 Å². The highest BCUT2D eigenvalue weighted by atomic mass is 16.1. The molecule has 1 aromatic heterocycles. The third-order valence-electron chi connectivity index (χ3n) is 0.697. The fraction of sp³-hybridized carbons (Fsp3) is 0.250. The van der Waals surface area contributed by atoms with Crippen LogP contribution in [0.5, 0.6) is 0 Å². The number of nitrogens with zero attached hydrogens (tertiary/aromatic N) is 2. The summed E-state index contributed by atoms with van der Waals surface area (Å²) in [6, 6.07) is 0. The number of H-pyrrole nitrogens is 1. The van der Waals surface area contributed by atoms with Gasteiger partial charge in [0.25, 0.3) is 0 Å². The van der Waals surface area contributed by atoms with Gasteiger partial charge in [-0.3, -0.25) is 0 Å². The number of hydrogen-bond acceptors (Lipinski definition) is 4. The zero-order chi connectivity index (χ0) is 5.98. The number of hydrogen-bond donors (Lipinski definition) is 2. The molecule has 0 atom stereocenters. The monoisotopic (exact) mass is 128 g/mol. The number of aromatic nitrogens is 3. The number of nitrogens with one attached hydrogen (secondary N) is 1. The van der Waals surface area contributed by atoms with Crippen molar-refractivity contribution in [1.82, 2.24) is 21.3 Å². The van der Waals surface area contributed by atoms with E-state index in [1.54, 1.807) is 6.92 Å². The molecule has 0 radical (unpaired) electrons. The maximum atomic E-state index is 10.2. The van der Waals surface area contributed by atoms with E-state index in [0.29, 0.717) is 5.69 Å². The Morgan fingerprint density at radius 3 is 2.67 bits per heavy atom. The normalized spacial score (nSPS) is 8.11. The molecule has 0 aliphatic carbocycles. The molecular weight excluding hydrogens is 120 g/mol. The van der Waals surface area contributed by atoms with Gasteiger partial charge in [0.15, 0.2) is 0 Å². The van der Waals surface area contributed by atoms with Crippen molar-refractivity contribution in [2.24, 2.45) is 0 Å². The van der Waals surface area contributed by atoms with Gasteiger partial charge in [-0.15, -0.1) is 0 Å². The van der Waals surface area contributed by atoms with Gasteiger partial charge in [-0.2, -0.15) is 10.1 Å². The quantitative estimate of drug-likeness (QED) is 0.498. The Labute approximate surface area is 51.7 Å². The lowest BCUT2D eigenvalue weighted by molar-refractivity contribution is 0.879. The maximum absolute atomic E-state index is 10.2. The van der Waals surface area contributed by atoms with Crippen molar-refractivity contribution < 1.29 is 0 Å². The van der Waals surface area contributed by atoms with Crippen molar-refractivity contribution in [1.29, 1.82) is 0 Å². The van der Waals surface area contributed by atoms with Crippen LogP contribution in [0.25, 0.3) is 0 Å². The van der Waals surface area contributed by atoms with Crippen molar-refractivity contribution in [3.8, 4) is 0 Å². The Kier molecular flexibility index (Phi) is 2.53. The standard InChI is InChI=1S/C4H5N3O.H3N/c1-3-2-5-4(8)7-6-3;/h2H,1H3,(H,5,7,8);1H3. The lowest BCUT2D eigenvalue weighted by atomic mass is 10.6. The second-order valence-electron chi connectivity index (χ2n) is 1.43. The molecule has 0 unspecified atom stereocenters. The van der Waals surface area contributed by atoms with Crippen molar-refractivity contribution in [3.63, 3.8) is 0 Å². The third-order valence-corrected chi connectivity index (χ3v) is 0.697. The first-order chi connectivity index (χ1) is 3.79. The molecule has 0 spiro atoms. The first-order valence-corrected chi connectivity index (χ1v) is 2.17. The summed E-state index contributed by atoms with van der Waals surface area (Å²) in [6.45, 7) is 1.75. The predicted molar refractivity (Wildman–Crippen MR) is 32.4 cm³/mol. The third kappa shape index (κ3) is 2.00. The summed E-state index contributed by atoms with van der Waals surface area (Å²) < 4.78 is 0. The van der Waals surface area contributed by atoms with Crippen LogP contribution in [0.2, 0.25) is 0 Å². The van der Waals surface area contributed by atoms with Crippen molar-refractivity contribution >= 4 is 0 Å². The SMILES string of the molecule is Cc1cnc(=O)[nH]n1.N. The van der Waals surface area contributed by atoms with Gasteiger partial charge >= 0.3 is 5.69 Å². The van der Waals surface area contributed by atoms with Crippen LogP contribution in [0.1, 0.15) is 5.69 Å². The van der Waals surface area contributed by atoms with Gasteiger partial charge in [-0.25, -0.2) is 9.89 Å². The van der Waals surface area contributed by atoms with E-state index in [2.05, 4.69) is 15.2 Å². The molecule has 0 saturated carbocycles. The summed E-state index contributed by atoms with van der Waals surface area (Å²) in [5.41, 5.74) is 0.306. The second kappa shape index (κ2) is 2.93. The summed E-state index contributed by atoms with van der Waals surface area (Å²) in [5.74, 6) is 0. The average molecular weight is 128 g/mol. The van der Waals surface area contributed by atoms with Gasteiger partial charge in [0, 0.05) is 0 Å². The Morgan fingerprint density at radius 1 is 1.67 bits per heavy atom. The van der Waals surface area contributed by atoms with E-state index < -0.39 is 5.69 Å². The largest absolute Gasteiger partial charge is 0.361 e. The first-order valence-electron chi connectivity index (χ1n) is 2.17. The highest BCUT2D eigenvalue weighted by Gasteiger charge is 1.81. The minimum Gasteiger partial charge on any atom is -0.344 e. The van der Waals surface area contributed by atoms with Crippen LogP contribution >= 0.6 is 0 Å². The van der Waals surface area contributed by atoms with Crippen LogP contribution in [0.15, 0.2) is 11.0 Å². The minimum atomic E-state index is -0.407. The van der Waals surface area contributed by atoms with Crippen LogP contribution in [0.4, 0.5) is 0 Å². The van der Waals surface area contributed by atoms with Crippen LogP contribution in [0.3, 0.4) is 0 Å². The molecule has 5 heteroatoms. The van der Waals surface area contributed by atoms with Crippen molar-refractivity contribution in [2.75, 3.05) is 0 Å². The van der Waals surface area contributed by atoms with E-state index in [0.717, 1.165) is 0 Å². The molecule has 4 N–H and O–H groups in total. The zero-order valence-corrected chi connectivity index (χ0v) is 5.09. The highest BCUT2D eigenvalue weighted by Crippen LogP contribution is 1.74. The van der Waals surface area contributed by atoms with Gasteiger partial charge in [-0.05, 0) is 6.92 Å². The molecule has 0 aliphatic rings. The Hall–Kier alpha value is -1.23. The zero-order valence-electron chi connectivity index (χ0n) is 5.09. The van der Waals surface area contributed by atoms with E-state index in [1.165, 1.54) is 6.20 Å². The highest BCUT2D eigenvalue weighted by molar-refractivity contribution is 4.84. The number of rotatable bonds is 0. The van der Waals surface area contributed by atoms with E-state index >= 15 is 0 Å². The predicted octanol–water partition coefficient (Wildman–Crippen LogP) is -0.365. The molecule has 0 aliphatic heterocycles. The molecule has 0 fully saturated rings.